The average molecular weight is 441 g/mol. The fourth-order valence-electron chi connectivity index (χ4n) is 3.87. The molecule has 0 saturated heterocycles. The molecule has 1 aromatic carbocycles. The molecule has 0 N–H and O–H groups in total. The van der Waals surface area contributed by atoms with E-state index >= 15 is 0 Å². The normalized spacial score (nSPS) is 11.2. The van der Waals surface area contributed by atoms with Gasteiger partial charge in [-0.2, -0.15) is 0 Å². The number of aryl methyl sites for hydroxylation is 1. The van der Waals surface area contributed by atoms with E-state index < -0.39 is 0 Å². The van der Waals surface area contributed by atoms with E-state index in [0.717, 1.165) is 17.8 Å². The second kappa shape index (κ2) is 17.2. The standard InChI is InChI=1S/C28H44N2S/c1-3-5-7-9-11-12-13-15-17-25-23-29-28(30-24-25)26-18-20-27(21-19-26)31-22-16-14-10-8-6-4-2/h18-21,23-24H,3-17,22H2,1-2H3. The van der Waals surface area contributed by atoms with Crippen LogP contribution >= 0.6 is 11.8 Å². The van der Waals surface area contributed by atoms with Crippen LogP contribution in [0.3, 0.4) is 0 Å². The molecule has 0 aliphatic carbocycles. The van der Waals surface area contributed by atoms with Gasteiger partial charge in [-0.3, -0.25) is 0 Å². The fraction of sp³-hybridized carbons (Fsp3) is 0.643. The summed E-state index contributed by atoms with van der Waals surface area (Å²) in [6, 6.07) is 8.76. The number of unbranched alkanes of at least 4 members (excludes halogenated alkanes) is 12. The monoisotopic (exact) mass is 440 g/mol. The van der Waals surface area contributed by atoms with Gasteiger partial charge in [0.15, 0.2) is 5.82 Å². The highest BCUT2D eigenvalue weighted by atomic mass is 32.2. The van der Waals surface area contributed by atoms with Crippen molar-refractivity contribution in [2.24, 2.45) is 0 Å². The minimum Gasteiger partial charge on any atom is -0.236 e. The van der Waals surface area contributed by atoms with Crippen LogP contribution in [-0.2, 0) is 6.42 Å². The van der Waals surface area contributed by atoms with Gasteiger partial charge in [0, 0.05) is 22.9 Å². The molecule has 3 heteroatoms. The Morgan fingerprint density at radius 3 is 1.71 bits per heavy atom. The first kappa shape index (κ1) is 25.9. The van der Waals surface area contributed by atoms with Crippen LogP contribution in [0.25, 0.3) is 11.4 Å². The third-order valence-electron chi connectivity index (χ3n) is 5.90. The van der Waals surface area contributed by atoms with Crippen molar-refractivity contribution in [3.05, 3.63) is 42.2 Å². The SMILES string of the molecule is CCCCCCCCCCc1cnc(-c2ccc(SCCCCCCCC)cc2)nc1. The molecule has 0 unspecified atom stereocenters. The molecule has 0 fully saturated rings. The molecule has 0 atom stereocenters. The molecule has 2 nitrogen and oxygen atoms in total. The zero-order valence-corrected chi connectivity index (χ0v) is 20.9. The Morgan fingerprint density at radius 1 is 0.613 bits per heavy atom. The summed E-state index contributed by atoms with van der Waals surface area (Å²) in [4.78, 5) is 10.6. The predicted octanol–water partition coefficient (Wildman–Crippen LogP) is 9.28. The number of aromatic nitrogens is 2. The van der Waals surface area contributed by atoms with Crippen LogP contribution in [0.5, 0.6) is 0 Å². The lowest BCUT2D eigenvalue weighted by atomic mass is 10.1. The molecular formula is C28H44N2S. The maximum Gasteiger partial charge on any atom is 0.159 e. The summed E-state index contributed by atoms with van der Waals surface area (Å²) < 4.78 is 0. The Hall–Kier alpha value is -1.35. The molecular weight excluding hydrogens is 396 g/mol. The third kappa shape index (κ3) is 11.7. The second-order valence-corrected chi connectivity index (χ2v) is 9.95. The summed E-state index contributed by atoms with van der Waals surface area (Å²) in [6.07, 6.45) is 24.2. The van der Waals surface area contributed by atoms with Gasteiger partial charge in [-0.15, -0.1) is 11.8 Å². The van der Waals surface area contributed by atoms with E-state index in [1.54, 1.807) is 0 Å². The maximum atomic E-state index is 4.62. The highest BCUT2D eigenvalue weighted by molar-refractivity contribution is 7.99. The molecule has 31 heavy (non-hydrogen) atoms. The molecule has 0 amide bonds. The van der Waals surface area contributed by atoms with E-state index in [9.17, 15) is 0 Å². The van der Waals surface area contributed by atoms with Crippen LogP contribution in [-0.4, -0.2) is 15.7 Å². The average Bonchev–Trinajstić information content (AvgIpc) is 2.81. The summed E-state index contributed by atoms with van der Waals surface area (Å²) in [5, 5.41) is 0. The number of thioether (sulfide) groups is 1. The first-order valence-corrected chi connectivity index (χ1v) is 13.9. The Bertz CT molecular complexity index is 666. The number of hydrogen-bond acceptors (Lipinski definition) is 3. The van der Waals surface area contributed by atoms with Crippen molar-refractivity contribution in [1.82, 2.24) is 9.97 Å². The summed E-state index contributed by atoms with van der Waals surface area (Å²) in [5.74, 6) is 2.06. The molecule has 0 bridgehead atoms. The number of benzene rings is 1. The first-order chi connectivity index (χ1) is 15.3. The van der Waals surface area contributed by atoms with E-state index in [1.807, 2.05) is 24.2 Å². The lowest BCUT2D eigenvalue weighted by Gasteiger charge is -2.05. The van der Waals surface area contributed by atoms with Gasteiger partial charge in [-0.1, -0.05) is 103 Å². The van der Waals surface area contributed by atoms with Crippen molar-refractivity contribution < 1.29 is 0 Å². The Labute approximate surface area is 196 Å². The predicted molar refractivity (Wildman–Crippen MR) is 138 cm³/mol. The van der Waals surface area contributed by atoms with Crippen LogP contribution in [0.2, 0.25) is 0 Å². The van der Waals surface area contributed by atoms with E-state index in [1.165, 1.54) is 106 Å². The van der Waals surface area contributed by atoms with Crippen LogP contribution in [0, 0.1) is 0 Å². The molecule has 0 radical (unpaired) electrons. The van der Waals surface area contributed by atoms with Crippen molar-refractivity contribution in [3.63, 3.8) is 0 Å². The van der Waals surface area contributed by atoms with Gasteiger partial charge in [-0.25, -0.2) is 9.97 Å². The smallest absolute Gasteiger partial charge is 0.159 e. The maximum absolute atomic E-state index is 4.62. The zero-order chi connectivity index (χ0) is 22.0. The van der Waals surface area contributed by atoms with Crippen LogP contribution in [0.15, 0.2) is 41.6 Å². The number of hydrogen-bond donors (Lipinski definition) is 0. The second-order valence-electron chi connectivity index (χ2n) is 8.78. The van der Waals surface area contributed by atoms with Gasteiger partial charge in [0.25, 0.3) is 0 Å². The van der Waals surface area contributed by atoms with Crippen molar-refractivity contribution in [2.45, 2.75) is 115 Å². The van der Waals surface area contributed by atoms with Gasteiger partial charge < -0.3 is 0 Å². The Balaban J connectivity index is 1.63. The van der Waals surface area contributed by atoms with Crippen LogP contribution in [0.4, 0.5) is 0 Å². The van der Waals surface area contributed by atoms with Gasteiger partial charge in [0.2, 0.25) is 0 Å². The van der Waals surface area contributed by atoms with Crippen molar-refractivity contribution >= 4 is 11.8 Å². The van der Waals surface area contributed by atoms with Crippen molar-refractivity contribution in [2.75, 3.05) is 5.75 Å². The van der Waals surface area contributed by atoms with Crippen molar-refractivity contribution in [1.29, 1.82) is 0 Å². The highest BCUT2D eigenvalue weighted by Gasteiger charge is 2.03. The molecule has 0 aliphatic rings. The molecule has 0 saturated carbocycles. The zero-order valence-electron chi connectivity index (χ0n) is 20.1. The number of rotatable bonds is 18. The molecule has 1 aromatic heterocycles. The van der Waals surface area contributed by atoms with E-state index in [2.05, 4.69) is 48.1 Å². The summed E-state index contributed by atoms with van der Waals surface area (Å²) in [5.41, 5.74) is 2.38. The lowest BCUT2D eigenvalue weighted by molar-refractivity contribution is 0.575. The van der Waals surface area contributed by atoms with E-state index in [4.69, 9.17) is 0 Å². The number of nitrogens with zero attached hydrogens (tertiary/aromatic N) is 2. The summed E-state index contributed by atoms with van der Waals surface area (Å²) in [7, 11) is 0. The molecule has 172 valence electrons. The van der Waals surface area contributed by atoms with Crippen molar-refractivity contribution in [3.8, 4) is 11.4 Å². The van der Waals surface area contributed by atoms with Gasteiger partial charge >= 0.3 is 0 Å². The third-order valence-corrected chi connectivity index (χ3v) is 7.00. The lowest BCUT2D eigenvalue weighted by Crippen LogP contribution is -1.93. The molecule has 1 heterocycles. The molecule has 2 aromatic rings. The minimum absolute atomic E-state index is 0.840. The van der Waals surface area contributed by atoms with Gasteiger partial charge in [0.1, 0.15) is 0 Å². The fourth-order valence-corrected chi connectivity index (χ4v) is 4.78. The first-order valence-electron chi connectivity index (χ1n) is 12.9. The summed E-state index contributed by atoms with van der Waals surface area (Å²) in [6.45, 7) is 4.55. The molecule has 0 aliphatic heterocycles. The minimum atomic E-state index is 0.840. The largest absolute Gasteiger partial charge is 0.236 e. The topological polar surface area (TPSA) is 25.8 Å². The van der Waals surface area contributed by atoms with Gasteiger partial charge in [-0.05, 0) is 42.7 Å². The van der Waals surface area contributed by atoms with E-state index in [-0.39, 0.29) is 0 Å². The van der Waals surface area contributed by atoms with Crippen LogP contribution < -0.4 is 0 Å². The molecule has 0 spiro atoms. The summed E-state index contributed by atoms with van der Waals surface area (Å²) >= 11 is 1.97. The van der Waals surface area contributed by atoms with Gasteiger partial charge in [0.05, 0.1) is 0 Å². The van der Waals surface area contributed by atoms with Crippen LogP contribution in [0.1, 0.15) is 109 Å². The Kier molecular flexibility index (Phi) is 14.4. The van der Waals surface area contributed by atoms with E-state index in [0.29, 0.717) is 0 Å². The highest BCUT2D eigenvalue weighted by Crippen LogP contribution is 2.23. The Morgan fingerprint density at radius 2 is 1.13 bits per heavy atom. The quantitative estimate of drug-likeness (QED) is 0.170. The molecule has 2 rings (SSSR count).